The van der Waals surface area contributed by atoms with E-state index in [-0.39, 0.29) is 23.7 Å². The van der Waals surface area contributed by atoms with Crippen LogP contribution in [0.4, 0.5) is 20.6 Å². The van der Waals surface area contributed by atoms with Gasteiger partial charge in [0.1, 0.15) is 5.82 Å². The van der Waals surface area contributed by atoms with Crippen molar-refractivity contribution in [1.82, 2.24) is 5.32 Å². The highest BCUT2D eigenvalue weighted by Gasteiger charge is 2.35. The molecule has 2 amide bonds. The lowest BCUT2D eigenvalue weighted by Crippen LogP contribution is -2.38. The lowest BCUT2D eigenvalue weighted by atomic mass is 9.76. The molecule has 2 heterocycles. The molecule has 176 valence electrons. The smallest absolute Gasteiger partial charge is 0.319 e. The van der Waals surface area contributed by atoms with E-state index >= 15 is 0 Å². The van der Waals surface area contributed by atoms with Crippen molar-refractivity contribution >= 4 is 17.4 Å². The predicted octanol–water partition coefficient (Wildman–Crippen LogP) is 6.54. The van der Waals surface area contributed by atoms with Crippen LogP contribution in [0.5, 0.6) is 0 Å². The molecule has 2 aliphatic heterocycles. The molecule has 0 aromatic heterocycles. The molecule has 4 nitrogen and oxygen atoms in total. The van der Waals surface area contributed by atoms with Gasteiger partial charge in [0.2, 0.25) is 0 Å². The van der Waals surface area contributed by atoms with E-state index in [1.165, 1.54) is 27.9 Å². The fraction of sp³-hybridized carbons (Fsp3) is 0.345. The number of nitrogens with one attached hydrogen (secondary N) is 2. The third kappa shape index (κ3) is 4.39. The van der Waals surface area contributed by atoms with Crippen molar-refractivity contribution in [3.8, 4) is 0 Å². The van der Waals surface area contributed by atoms with Crippen LogP contribution in [-0.4, -0.2) is 25.7 Å². The summed E-state index contributed by atoms with van der Waals surface area (Å²) in [5.41, 5.74) is 8.27. The summed E-state index contributed by atoms with van der Waals surface area (Å²) in [5, 5.41) is 5.99. The van der Waals surface area contributed by atoms with Gasteiger partial charge in [-0.25, -0.2) is 9.18 Å². The summed E-state index contributed by atoms with van der Waals surface area (Å²) in [5.74, 6) is 0.228. The Hall–Kier alpha value is -3.34. The quantitative estimate of drug-likeness (QED) is 0.457. The van der Waals surface area contributed by atoms with Crippen molar-refractivity contribution in [3.05, 3.63) is 94.3 Å². The molecule has 2 atom stereocenters. The number of urea groups is 1. The van der Waals surface area contributed by atoms with Crippen molar-refractivity contribution < 1.29 is 9.18 Å². The van der Waals surface area contributed by atoms with Gasteiger partial charge in [-0.05, 0) is 72.7 Å². The summed E-state index contributed by atoms with van der Waals surface area (Å²) in [4.78, 5) is 15.0. The first-order valence-electron chi connectivity index (χ1n) is 12.3. The first kappa shape index (κ1) is 22.5. The number of aryl methyl sites for hydroxylation is 1. The zero-order valence-corrected chi connectivity index (χ0v) is 19.9. The normalized spacial score (nSPS) is 18.9. The molecule has 5 rings (SSSR count). The van der Waals surface area contributed by atoms with Gasteiger partial charge >= 0.3 is 6.03 Å². The molecular formula is C29H32FN3O. The minimum atomic E-state index is -0.217. The number of nitrogens with zero attached hydrogens (tertiary/aromatic N) is 1. The zero-order chi connectivity index (χ0) is 23.7. The Bertz CT molecular complexity index is 1090. The first-order chi connectivity index (χ1) is 16.5. The van der Waals surface area contributed by atoms with Crippen LogP contribution in [0, 0.1) is 12.7 Å². The Balaban J connectivity index is 1.61. The van der Waals surface area contributed by atoms with Gasteiger partial charge in [-0.3, -0.25) is 0 Å². The molecule has 0 fully saturated rings. The fourth-order valence-electron chi connectivity index (χ4n) is 5.47. The largest absolute Gasteiger partial charge is 0.371 e. The topological polar surface area (TPSA) is 44.4 Å². The van der Waals surface area contributed by atoms with E-state index in [2.05, 4.69) is 58.9 Å². The van der Waals surface area contributed by atoms with Gasteiger partial charge in [-0.2, -0.15) is 0 Å². The van der Waals surface area contributed by atoms with E-state index < -0.39 is 0 Å². The minimum absolute atomic E-state index is 0.169. The van der Waals surface area contributed by atoms with Crippen molar-refractivity contribution in [2.45, 2.75) is 44.9 Å². The van der Waals surface area contributed by atoms with Gasteiger partial charge in [0.05, 0.1) is 0 Å². The fourth-order valence-corrected chi connectivity index (χ4v) is 5.47. The zero-order valence-electron chi connectivity index (χ0n) is 19.9. The van der Waals surface area contributed by atoms with Crippen LogP contribution in [-0.2, 0) is 0 Å². The molecule has 3 aromatic carbocycles. The summed E-state index contributed by atoms with van der Waals surface area (Å²) in [7, 11) is 0. The number of anilines is 2. The van der Waals surface area contributed by atoms with Crippen molar-refractivity contribution in [2.75, 3.05) is 29.9 Å². The maximum atomic E-state index is 13.7. The highest BCUT2D eigenvalue weighted by molar-refractivity contribution is 5.90. The van der Waals surface area contributed by atoms with Crippen molar-refractivity contribution in [3.63, 3.8) is 0 Å². The number of hydrogen-bond donors (Lipinski definition) is 2. The number of rotatable bonds is 5. The van der Waals surface area contributed by atoms with E-state index in [0.717, 1.165) is 43.6 Å². The van der Waals surface area contributed by atoms with E-state index in [1.807, 2.05) is 19.1 Å². The first-order valence-corrected chi connectivity index (χ1v) is 12.3. The number of amides is 2. The summed E-state index contributed by atoms with van der Waals surface area (Å²) in [6.07, 6.45) is 2.90. The lowest BCUT2D eigenvalue weighted by Gasteiger charge is -2.43. The van der Waals surface area contributed by atoms with Gasteiger partial charge in [0.25, 0.3) is 0 Å². The van der Waals surface area contributed by atoms with Crippen LogP contribution in [0.2, 0.25) is 0 Å². The highest BCUT2D eigenvalue weighted by Crippen LogP contribution is 2.49. The molecule has 0 radical (unpaired) electrons. The number of halogens is 1. The molecule has 0 spiro atoms. The second-order valence-electron chi connectivity index (χ2n) is 9.52. The van der Waals surface area contributed by atoms with Gasteiger partial charge in [0, 0.05) is 42.8 Å². The number of hydrogen-bond acceptors (Lipinski definition) is 2. The molecule has 0 saturated heterocycles. The van der Waals surface area contributed by atoms with E-state index in [1.54, 1.807) is 12.1 Å². The molecular weight excluding hydrogens is 425 g/mol. The number of carbonyl (C=O) groups excluding carboxylic acids is 1. The van der Waals surface area contributed by atoms with Crippen LogP contribution in [0.1, 0.15) is 65.8 Å². The average molecular weight is 458 g/mol. The Kier molecular flexibility index (Phi) is 6.27. The Morgan fingerprint density at radius 3 is 2.06 bits per heavy atom. The maximum Gasteiger partial charge on any atom is 0.319 e. The molecule has 3 aromatic rings. The third-order valence-corrected chi connectivity index (χ3v) is 7.16. The van der Waals surface area contributed by atoms with Crippen LogP contribution in [0.25, 0.3) is 0 Å². The molecule has 0 unspecified atom stereocenters. The second-order valence-corrected chi connectivity index (χ2v) is 9.52. The molecule has 5 heteroatoms. The minimum Gasteiger partial charge on any atom is -0.371 e. The third-order valence-electron chi connectivity index (χ3n) is 7.16. The van der Waals surface area contributed by atoms with Crippen LogP contribution in [0.3, 0.4) is 0 Å². The van der Waals surface area contributed by atoms with Crippen LogP contribution in [0.15, 0.2) is 60.7 Å². The molecule has 34 heavy (non-hydrogen) atoms. The summed E-state index contributed by atoms with van der Waals surface area (Å²) in [6, 6.07) is 19.8. The molecule has 0 bridgehead atoms. The van der Waals surface area contributed by atoms with Gasteiger partial charge < -0.3 is 15.5 Å². The maximum absolute atomic E-state index is 13.7. The Labute approximate surface area is 201 Å². The second kappa shape index (κ2) is 9.49. The number of carbonyl (C=O) groups is 1. The van der Waals surface area contributed by atoms with Crippen molar-refractivity contribution in [2.24, 2.45) is 0 Å². The molecule has 2 aliphatic rings. The van der Waals surface area contributed by atoms with E-state index in [0.29, 0.717) is 6.54 Å². The summed E-state index contributed by atoms with van der Waals surface area (Å²) in [6.45, 7) is 6.78. The standard InChI is InChI=1S/C29H32FN3O/c1-3-14-31-29(34)32-23-17-26-24(20-6-4-19(2)5-7-20)12-15-33-16-13-25(27(18-23)28(26)33)21-8-10-22(30)11-9-21/h4-11,17-18,24-25H,3,12-16H2,1-2H3,(H2,31,32,34)/t24-,25-/m0/s1. The van der Waals surface area contributed by atoms with Crippen LogP contribution < -0.4 is 15.5 Å². The number of benzene rings is 3. The molecule has 0 aliphatic carbocycles. The SMILES string of the molecule is CCCNC(=O)Nc1cc2c3c(c1)[C@H](c1ccc(F)cc1)CCN3CC[C@H]2c1ccc(C)cc1. The lowest BCUT2D eigenvalue weighted by molar-refractivity contribution is 0.252. The monoisotopic (exact) mass is 457 g/mol. The van der Waals surface area contributed by atoms with E-state index in [9.17, 15) is 9.18 Å². The van der Waals surface area contributed by atoms with Gasteiger partial charge in [0.15, 0.2) is 0 Å². The average Bonchev–Trinajstić information content (AvgIpc) is 2.84. The van der Waals surface area contributed by atoms with E-state index in [4.69, 9.17) is 0 Å². The Morgan fingerprint density at radius 2 is 1.50 bits per heavy atom. The Morgan fingerprint density at radius 1 is 0.941 bits per heavy atom. The predicted molar refractivity (Wildman–Crippen MR) is 136 cm³/mol. The van der Waals surface area contributed by atoms with Crippen molar-refractivity contribution in [1.29, 1.82) is 0 Å². The molecule has 2 N–H and O–H groups in total. The van der Waals surface area contributed by atoms with Gasteiger partial charge in [-0.1, -0.05) is 48.9 Å². The highest BCUT2D eigenvalue weighted by atomic mass is 19.1. The van der Waals surface area contributed by atoms with Gasteiger partial charge in [-0.15, -0.1) is 0 Å². The summed E-state index contributed by atoms with van der Waals surface area (Å²) < 4.78 is 13.7. The summed E-state index contributed by atoms with van der Waals surface area (Å²) >= 11 is 0. The molecule has 0 saturated carbocycles. The van der Waals surface area contributed by atoms with Crippen LogP contribution >= 0.6 is 0 Å².